The lowest BCUT2D eigenvalue weighted by atomic mass is 9.84. The van der Waals surface area contributed by atoms with Crippen LogP contribution in [0.4, 0.5) is 0 Å². The van der Waals surface area contributed by atoms with Crippen LogP contribution < -0.4 is 11.1 Å². The SMILES string of the molecule is COC(C)(C)CNC(=O)C1C2CCC(C2)C1N. The highest BCUT2D eigenvalue weighted by Crippen LogP contribution is 2.47. The molecule has 2 aliphatic rings. The fourth-order valence-electron chi connectivity index (χ4n) is 3.21. The molecule has 0 radical (unpaired) electrons. The van der Waals surface area contributed by atoms with E-state index in [0.717, 1.165) is 6.42 Å². The van der Waals surface area contributed by atoms with Gasteiger partial charge in [-0.2, -0.15) is 0 Å². The van der Waals surface area contributed by atoms with Gasteiger partial charge >= 0.3 is 0 Å². The number of hydrogen-bond acceptors (Lipinski definition) is 3. The predicted octanol–water partition coefficient (Wildman–Crippen LogP) is 0.901. The van der Waals surface area contributed by atoms with E-state index >= 15 is 0 Å². The molecule has 3 N–H and O–H groups in total. The molecule has 0 heterocycles. The number of hydrogen-bond donors (Lipinski definition) is 2. The molecule has 0 aromatic rings. The second-order valence-corrected chi connectivity index (χ2v) is 6.12. The Morgan fingerprint density at radius 2 is 2.06 bits per heavy atom. The van der Waals surface area contributed by atoms with Crippen molar-refractivity contribution in [1.29, 1.82) is 0 Å². The molecule has 2 rings (SSSR count). The van der Waals surface area contributed by atoms with Gasteiger partial charge in [-0.1, -0.05) is 0 Å². The summed E-state index contributed by atoms with van der Waals surface area (Å²) in [5.74, 6) is 1.24. The van der Waals surface area contributed by atoms with Crippen LogP contribution in [0.25, 0.3) is 0 Å². The Hall–Kier alpha value is -0.610. The Morgan fingerprint density at radius 1 is 1.41 bits per heavy atom. The maximum Gasteiger partial charge on any atom is 0.225 e. The quantitative estimate of drug-likeness (QED) is 0.767. The van der Waals surface area contributed by atoms with Crippen LogP contribution in [0.15, 0.2) is 0 Å². The smallest absolute Gasteiger partial charge is 0.225 e. The highest BCUT2D eigenvalue weighted by molar-refractivity contribution is 5.80. The number of methoxy groups -OCH3 is 1. The lowest BCUT2D eigenvalue weighted by molar-refractivity contribution is -0.128. The first kappa shape index (κ1) is 12.8. The first-order valence-corrected chi connectivity index (χ1v) is 6.53. The number of carbonyl (C=O) groups excluding carboxylic acids is 1. The summed E-state index contributed by atoms with van der Waals surface area (Å²) in [7, 11) is 1.66. The van der Waals surface area contributed by atoms with E-state index in [9.17, 15) is 4.79 Å². The minimum Gasteiger partial charge on any atom is -0.377 e. The van der Waals surface area contributed by atoms with Gasteiger partial charge in [-0.25, -0.2) is 0 Å². The molecule has 2 aliphatic carbocycles. The molecule has 4 heteroatoms. The second kappa shape index (κ2) is 4.58. The summed E-state index contributed by atoms with van der Waals surface area (Å²) in [4.78, 5) is 12.2. The molecule has 0 spiro atoms. The van der Waals surface area contributed by atoms with Crippen molar-refractivity contribution in [2.75, 3.05) is 13.7 Å². The molecule has 1 amide bonds. The molecule has 2 fully saturated rings. The summed E-state index contributed by atoms with van der Waals surface area (Å²) in [6.07, 6.45) is 3.52. The number of rotatable bonds is 4. The van der Waals surface area contributed by atoms with E-state index in [2.05, 4.69) is 5.32 Å². The van der Waals surface area contributed by atoms with Crippen molar-refractivity contribution in [3.8, 4) is 0 Å². The fraction of sp³-hybridized carbons (Fsp3) is 0.923. The van der Waals surface area contributed by atoms with Gasteiger partial charge < -0.3 is 15.8 Å². The van der Waals surface area contributed by atoms with E-state index in [1.165, 1.54) is 12.8 Å². The largest absolute Gasteiger partial charge is 0.377 e. The topological polar surface area (TPSA) is 64.3 Å². The van der Waals surface area contributed by atoms with Crippen molar-refractivity contribution < 1.29 is 9.53 Å². The van der Waals surface area contributed by atoms with Gasteiger partial charge in [-0.15, -0.1) is 0 Å². The summed E-state index contributed by atoms with van der Waals surface area (Å²) in [5, 5.41) is 2.99. The highest BCUT2D eigenvalue weighted by Gasteiger charge is 2.49. The number of nitrogens with two attached hydrogens (primary N) is 1. The third-order valence-electron chi connectivity index (χ3n) is 4.52. The predicted molar refractivity (Wildman–Crippen MR) is 66.4 cm³/mol. The van der Waals surface area contributed by atoms with Crippen molar-refractivity contribution in [2.45, 2.75) is 44.8 Å². The summed E-state index contributed by atoms with van der Waals surface area (Å²) < 4.78 is 5.29. The van der Waals surface area contributed by atoms with E-state index in [1.807, 2.05) is 13.8 Å². The zero-order chi connectivity index (χ0) is 12.6. The molecule has 0 aromatic heterocycles. The number of amides is 1. The Morgan fingerprint density at radius 3 is 2.59 bits per heavy atom. The normalized spacial score (nSPS) is 36.2. The molecule has 4 unspecified atom stereocenters. The van der Waals surface area contributed by atoms with Crippen molar-refractivity contribution in [2.24, 2.45) is 23.5 Å². The minimum absolute atomic E-state index is 0.0291. The monoisotopic (exact) mass is 240 g/mol. The molecule has 4 nitrogen and oxygen atoms in total. The third-order valence-corrected chi connectivity index (χ3v) is 4.52. The van der Waals surface area contributed by atoms with Gasteiger partial charge in [0.2, 0.25) is 5.91 Å². The average molecular weight is 240 g/mol. The molecule has 0 saturated heterocycles. The van der Waals surface area contributed by atoms with Crippen LogP contribution in [-0.2, 0) is 9.53 Å². The van der Waals surface area contributed by atoms with Crippen molar-refractivity contribution in [1.82, 2.24) is 5.32 Å². The van der Waals surface area contributed by atoms with Crippen LogP contribution in [0.1, 0.15) is 33.1 Å². The van der Waals surface area contributed by atoms with Crippen LogP contribution in [0, 0.1) is 17.8 Å². The summed E-state index contributed by atoms with van der Waals surface area (Å²) in [6, 6.07) is 0.0689. The number of fused-ring (bicyclic) bond motifs is 2. The minimum atomic E-state index is -0.308. The molecular formula is C13H24N2O2. The Bertz CT molecular complexity index is 302. The lowest BCUT2D eigenvalue weighted by Crippen LogP contribution is -2.48. The zero-order valence-corrected chi connectivity index (χ0v) is 11.0. The average Bonchev–Trinajstić information content (AvgIpc) is 2.86. The van der Waals surface area contributed by atoms with Crippen LogP contribution >= 0.6 is 0 Å². The Labute approximate surface area is 103 Å². The first-order chi connectivity index (χ1) is 7.94. The molecule has 0 aromatic carbocycles. The Balaban J connectivity index is 1.89. The van der Waals surface area contributed by atoms with Crippen molar-refractivity contribution in [3.63, 3.8) is 0 Å². The summed E-state index contributed by atoms with van der Waals surface area (Å²) in [5.41, 5.74) is 5.84. The van der Waals surface area contributed by atoms with Gasteiger partial charge in [-0.05, 0) is 44.9 Å². The van der Waals surface area contributed by atoms with Crippen LogP contribution in [0.5, 0.6) is 0 Å². The molecule has 0 aliphatic heterocycles. The highest BCUT2D eigenvalue weighted by atomic mass is 16.5. The number of ether oxygens (including phenoxy) is 1. The maximum absolute atomic E-state index is 12.2. The van der Waals surface area contributed by atoms with Gasteiger partial charge in [0.1, 0.15) is 0 Å². The lowest BCUT2D eigenvalue weighted by Gasteiger charge is -2.29. The van der Waals surface area contributed by atoms with Crippen LogP contribution in [-0.4, -0.2) is 31.2 Å². The van der Waals surface area contributed by atoms with E-state index < -0.39 is 0 Å². The zero-order valence-electron chi connectivity index (χ0n) is 11.0. The van der Waals surface area contributed by atoms with Crippen LogP contribution in [0.2, 0.25) is 0 Å². The fourth-order valence-corrected chi connectivity index (χ4v) is 3.21. The molecular weight excluding hydrogens is 216 g/mol. The first-order valence-electron chi connectivity index (χ1n) is 6.53. The maximum atomic E-state index is 12.2. The summed E-state index contributed by atoms with van der Waals surface area (Å²) in [6.45, 7) is 4.48. The van der Waals surface area contributed by atoms with E-state index in [4.69, 9.17) is 10.5 Å². The number of nitrogens with one attached hydrogen (secondary N) is 1. The van der Waals surface area contributed by atoms with E-state index in [1.54, 1.807) is 7.11 Å². The number of carbonyl (C=O) groups is 1. The standard InChI is InChI=1S/C13H24N2O2/c1-13(2,17-3)7-15-12(16)10-8-4-5-9(6-8)11(10)14/h8-11H,4-7,14H2,1-3H3,(H,15,16). The van der Waals surface area contributed by atoms with Gasteiger partial charge in [0.25, 0.3) is 0 Å². The van der Waals surface area contributed by atoms with E-state index in [0.29, 0.717) is 18.4 Å². The second-order valence-electron chi connectivity index (χ2n) is 6.12. The Kier molecular flexibility index (Phi) is 3.46. The van der Waals surface area contributed by atoms with Gasteiger partial charge in [0, 0.05) is 19.7 Å². The van der Waals surface area contributed by atoms with Gasteiger partial charge in [0.05, 0.1) is 11.5 Å². The molecule has 17 heavy (non-hydrogen) atoms. The van der Waals surface area contributed by atoms with Crippen molar-refractivity contribution >= 4 is 5.91 Å². The van der Waals surface area contributed by atoms with E-state index in [-0.39, 0.29) is 23.5 Å². The van der Waals surface area contributed by atoms with Crippen LogP contribution in [0.3, 0.4) is 0 Å². The summed E-state index contributed by atoms with van der Waals surface area (Å²) >= 11 is 0. The van der Waals surface area contributed by atoms with Gasteiger partial charge in [0.15, 0.2) is 0 Å². The van der Waals surface area contributed by atoms with Gasteiger partial charge in [-0.3, -0.25) is 4.79 Å². The molecule has 4 atom stereocenters. The molecule has 2 bridgehead atoms. The van der Waals surface area contributed by atoms with Crippen molar-refractivity contribution in [3.05, 3.63) is 0 Å². The molecule has 2 saturated carbocycles. The molecule has 98 valence electrons. The third kappa shape index (κ3) is 2.47.